The summed E-state index contributed by atoms with van der Waals surface area (Å²) in [6.45, 7) is 1.71. The van der Waals surface area contributed by atoms with Crippen molar-refractivity contribution in [3.05, 3.63) is 40.5 Å². The first-order valence-corrected chi connectivity index (χ1v) is 7.88. The summed E-state index contributed by atoms with van der Waals surface area (Å²) in [6, 6.07) is 6.68. The fourth-order valence-electron chi connectivity index (χ4n) is 1.64. The van der Waals surface area contributed by atoms with Crippen LogP contribution in [0.1, 0.15) is 15.2 Å². The average Bonchev–Trinajstić information content (AvgIpc) is 2.85. The maximum absolute atomic E-state index is 13.5. The maximum Gasteiger partial charge on any atom is 0.348 e. The number of esters is 1. The standard InChI is InChI=1S/C14H14FNO2S2/c1-8-4-5-9(6-10(8)15)16-11-7-12(13(17)18-2)20-14(11)19-3/h4-7,16H,1-3H3. The van der Waals surface area contributed by atoms with Gasteiger partial charge in [-0.3, -0.25) is 0 Å². The number of thiophene rings is 1. The van der Waals surface area contributed by atoms with E-state index < -0.39 is 0 Å². The number of ether oxygens (including phenoxy) is 1. The molecule has 3 nitrogen and oxygen atoms in total. The number of carbonyl (C=O) groups excluding carboxylic acids is 1. The Kier molecular flexibility index (Phi) is 4.67. The number of rotatable bonds is 4. The lowest BCUT2D eigenvalue weighted by atomic mass is 10.2. The molecule has 0 aliphatic heterocycles. The Bertz CT molecular complexity index is 640. The van der Waals surface area contributed by atoms with Crippen LogP contribution in [0.5, 0.6) is 0 Å². The molecule has 106 valence electrons. The summed E-state index contributed by atoms with van der Waals surface area (Å²) < 4.78 is 19.2. The van der Waals surface area contributed by atoms with Crippen molar-refractivity contribution < 1.29 is 13.9 Å². The van der Waals surface area contributed by atoms with E-state index in [0.29, 0.717) is 16.1 Å². The van der Waals surface area contributed by atoms with E-state index in [1.165, 1.54) is 36.3 Å². The Morgan fingerprint density at radius 3 is 2.75 bits per heavy atom. The van der Waals surface area contributed by atoms with Gasteiger partial charge < -0.3 is 10.1 Å². The second-order valence-electron chi connectivity index (χ2n) is 4.10. The van der Waals surface area contributed by atoms with Gasteiger partial charge in [0.2, 0.25) is 0 Å². The van der Waals surface area contributed by atoms with E-state index in [2.05, 4.69) is 5.32 Å². The molecule has 2 rings (SSSR count). The molecule has 1 N–H and O–H groups in total. The molecule has 0 saturated carbocycles. The topological polar surface area (TPSA) is 38.3 Å². The molecule has 0 bridgehead atoms. The van der Waals surface area contributed by atoms with E-state index in [9.17, 15) is 9.18 Å². The van der Waals surface area contributed by atoms with E-state index in [-0.39, 0.29) is 11.8 Å². The molecule has 0 saturated heterocycles. The number of methoxy groups -OCH3 is 1. The fraction of sp³-hybridized carbons (Fsp3) is 0.214. The zero-order valence-corrected chi connectivity index (χ0v) is 13.0. The summed E-state index contributed by atoms with van der Waals surface area (Å²) in [5, 5.41) is 3.13. The number of hydrogen-bond acceptors (Lipinski definition) is 5. The number of thioether (sulfide) groups is 1. The van der Waals surface area contributed by atoms with Crippen molar-refractivity contribution in [3.63, 3.8) is 0 Å². The normalized spacial score (nSPS) is 10.4. The molecule has 0 amide bonds. The lowest BCUT2D eigenvalue weighted by Gasteiger charge is -2.07. The Morgan fingerprint density at radius 1 is 1.40 bits per heavy atom. The molecular weight excluding hydrogens is 297 g/mol. The molecule has 0 atom stereocenters. The number of nitrogens with one attached hydrogen (secondary N) is 1. The molecular formula is C14H14FNO2S2. The van der Waals surface area contributed by atoms with Gasteiger partial charge in [-0.2, -0.15) is 0 Å². The highest BCUT2D eigenvalue weighted by atomic mass is 32.2. The van der Waals surface area contributed by atoms with Crippen LogP contribution in [0.3, 0.4) is 0 Å². The minimum atomic E-state index is -0.367. The Morgan fingerprint density at radius 2 is 2.15 bits per heavy atom. The van der Waals surface area contributed by atoms with Gasteiger partial charge in [-0.15, -0.1) is 23.1 Å². The molecule has 1 heterocycles. The van der Waals surface area contributed by atoms with E-state index in [0.717, 1.165) is 9.90 Å². The van der Waals surface area contributed by atoms with Crippen molar-refractivity contribution >= 4 is 40.4 Å². The molecule has 0 radical (unpaired) electrons. The second kappa shape index (κ2) is 6.28. The number of halogens is 1. The van der Waals surface area contributed by atoms with Crippen LogP contribution in [0, 0.1) is 12.7 Å². The van der Waals surface area contributed by atoms with E-state index in [4.69, 9.17) is 4.74 Å². The van der Waals surface area contributed by atoms with Gasteiger partial charge in [0.15, 0.2) is 0 Å². The predicted molar refractivity (Wildman–Crippen MR) is 81.9 cm³/mol. The van der Waals surface area contributed by atoms with Crippen LogP contribution >= 0.6 is 23.1 Å². The second-order valence-corrected chi connectivity index (χ2v) is 6.22. The minimum Gasteiger partial charge on any atom is -0.465 e. The van der Waals surface area contributed by atoms with Gasteiger partial charge in [-0.05, 0) is 36.9 Å². The highest BCUT2D eigenvalue weighted by molar-refractivity contribution is 8.00. The quantitative estimate of drug-likeness (QED) is 0.669. The maximum atomic E-state index is 13.5. The van der Waals surface area contributed by atoms with Gasteiger partial charge in [-0.25, -0.2) is 9.18 Å². The molecule has 0 unspecified atom stereocenters. The summed E-state index contributed by atoms with van der Waals surface area (Å²) in [4.78, 5) is 12.1. The van der Waals surface area contributed by atoms with Gasteiger partial charge in [0, 0.05) is 5.69 Å². The van der Waals surface area contributed by atoms with Gasteiger partial charge >= 0.3 is 5.97 Å². The average molecular weight is 311 g/mol. The Labute approximate surface area is 125 Å². The molecule has 0 fully saturated rings. The summed E-state index contributed by atoms with van der Waals surface area (Å²) >= 11 is 2.88. The lowest BCUT2D eigenvalue weighted by molar-refractivity contribution is 0.0606. The van der Waals surface area contributed by atoms with Crippen LogP contribution in [0.4, 0.5) is 15.8 Å². The van der Waals surface area contributed by atoms with Crippen LogP contribution in [0.25, 0.3) is 0 Å². The van der Waals surface area contributed by atoms with Crippen LogP contribution < -0.4 is 5.32 Å². The molecule has 0 aliphatic carbocycles. The first kappa shape index (κ1) is 14.9. The van der Waals surface area contributed by atoms with Crippen molar-refractivity contribution in [1.29, 1.82) is 0 Å². The van der Waals surface area contributed by atoms with Crippen molar-refractivity contribution in [2.45, 2.75) is 11.1 Å². The van der Waals surface area contributed by atoms with Crippen molar-refractivity contribution in [2.24, 2.45) is 0 Å². The summed E-state index contributed by atoms with van der Waals surface area (Å²) in [5.41, 5.74) is 2.03. The number of anilines is 2. The largest absolute Gasteiger partial charge is 0.465 e. The van der Waals surface area contributed by atoms with Crippen LogP contribution in [0.15, 0.2) is 28.5 Å². The van der Waals surface area contributed by atoms with E-state index in [1.807, 2.05) is 6.26 Å². The molecule has 2 aromatic rings. The van der Waals surface area contributed by atoms with Crippen LogP contribution in [0.2, 0.25) is 0 Å². The number of benzene rings is 1. The van der Waals surface area contributed by atoms with Crippen LogP contribution in [-0.2, 0) is 4.74 Å². The summed E-state index contributed by atoms with van der Waals surface area (Å²) in [7, 11) is 1.35. The number of carbonyl (C=O) groups is 1. The zero-order valence-electron chi connectivity index (χ0n) is 11.3. The van der Waals surface area contributed by atoms with Gasteiger partial charge in [0.1, 0.15) is 10.7 Å². The van der Waals surface area contributed by atoms with Gasteiger partial charge in [-0.1, -0.05) is 6.07 Å². The Balaban J connectivity index is 2.30. The molecule has 20 heavy (non-hydrogen) atoms. The van der Waals surface area contributed by atoms with Crippen molar-refractivity contribution in [2.75, 3.05) is 18.7 Å². The molecule has 6 heteroatoms. The third-order valence-electron chi connectivity index (χ3n) is 2.72. The Hall–Kier alpha value is -1.53. The summed E-state index contributed by atoms with van der Waals surface area (Å²) in [6.07, 6.45) is 1.92. The smallest absolute Gasteiger partial charge is 0.348 e. The number of aryl methyl sites for hydroxylation is 1. The highest BCUT2D eigenvalue weighted by Gasteiger charge is 2.15. The van der Waals surface area contributed by atoms with Gasteiger partial charge in [0.25, 0.3) is 0 Å². The first-order valence-electron chi connectivity index (χ1n) is 5.84. The van der Waals surface area contributed by atoms with Crippen LogP contribution in [-0.4, -0.2) is 19.3 Å². The van der Waals surface area contributed by atoms with E-state index >= 15 is 0 Å². The highest BCUT2D eigenvalue weighted by Crippen LogP contribution is 2.37. The SMILES string of the molecule is COC(=O)c1cc(Nc2ccc(C)c(F)c2)c(SC)s1. The third kappa shape index (κ3) is 3.13. The third-order valence-corrected chi connectivity index (χ3v) is 4.97. The first-order chi connectivity index (χ1) is 9.55. The van der Waals surface area contributed by atoms with E-state index in [1.54, 1.807) is 25.1 Å². The molecule has 1 aromatic heterocycles. The molecule has 0 spiro atoms. The fourth-order valence-corrected chi connectivity index (χ4v) is 3.34. The molecule has 0 aliphatic rings. The molecule has 1 aromatic carbocycles. The van der Waals surface area contributed by atoms with Crippen molar-refractivity contribution in [3.8, 4) is 0 Å². The minimum absolute atomic E-state index is 0.260. The summed E-state index contributed by atoms with van der Waals surface area (Å²) in [5.74, 6) is -0.627. The number of hydrogen-bond donors (Lipinski definition) is 1. The monoisotopic (exact) mass is 311 g/mol. The zero-order chi connectivity index (χ0) is 14.7. The van der Waals surface area contributed by atoms with Crippen molar-refractivity contribution in [1.82, 2.24) is 0 Å². The lowest BCUT2D eigenvalue weighted by Crippen LogP contribution is -1.97. The van der Waals surface area contributed by atoms with Gasteiger partial charge in [0.05, 0.1) is 17.0 Å². The predicted octanol–water partition coefficient (Wildman–Crippen LogP) is 4.45.